The second kappa shape index (κ2) is 6.97. The van der Waals surface area contributed by atoms with Crippen LogP contribution < -0.4 is 5.32 Å². The molecule has 0 heterocycles. The second-order valence-corrected chi connectivity index (χ2v) is 9.79. The summed E-state index contributed by atoms with van der Waals surface area (Å²) in [5.74, 6) is 7.57. The van der Waals surface area contributed by atoms with Gasteiger partial charge in [-0.05, 0) is 61.3 Å². The maximum Gasteiger partial charge on any atom is 0.221 e. The molecule has 0 aromatic rings. The van der Waals surface area contributed by atoms with E-state index in [-0.39, 0.29) is 22.5 Å². The number of rotatable bonds is 2. The van der Waals surface area contributed by atoms with Gasteiger partial charge in [0.2, 0.25) is 5.91 Å². The Morgan fingerprint density at radius 2 is 1.86 bits per heavy atom. The van der Waals surface area contributed by atoms with Crippen LogP contribution in [0.15, 0.2) is 22.9 Å². The third-order valence-corrected chi connectivity index (χ3v) is 8.36. The van der Waals surface area contributed by atoms with Crippen LogP contribution in [0.25, 0.3) is 0 Å². The maximum absolute atomic E-state index is 12.8. The molecule has 5 atom stereocenters. The van der Waals surface area contributed by atoms with Gasteiger partial charge in [0.25, 0.3) is 0 Å². The van der Waals surface area contributed by atoms with E-state index in [1.807, 2.05) is 6.92 Å². The fourth-order valence-corrected chi connectivity index (χ4v) is 6.79. The van der Waals surface area contributed by atoms with Crippen LogP contribution in [0.5, 0.6) is 0 Å². The van der Waals surface area contributed by atoms with E-state index in [1.54, 1.807) is 0 Å². The highest BCUT2D eigenvalue weighted by atomic mass is 16.2. The molecule has 4 heteroatoms. The predicted molar refractivity (Wildman–Crippen MR) is 111 cm³/mol. The standard InChI is InChI=1S/C25H31NO3/c1-5-6-7-16-14-19-23(26-15(2)27)20(28)11-13-24(19,3)18-10-12-25(4)17(22(16)18)8-9-21(25)29/h14,17-18,22H,7-13H2,1-4H3,(H,26,27)/t17-,18-,22-,24+,25-/m0/s1. The van der Waals surface area contributed by atoms with Crippen molar-refractivity contribution in [1.29, 1.82) is 0 Å². The van der Waals surface area contributed by atoms with Gasteiger partial charge in [-0.25, -0.2) is 0 Å². The van der Waals surface area contributed by atoms with E-state index >= 15 is 0 Å². The Morgan fingerprint density at radius 1 is 1.14 bits per heavy atom. The molecule has 0 radical (unpaired) electrons. The van der Waals surface area contributed by atoms with Crippen molar-refractivity contribution in [3.8, 4) is 11.8 Å². The monoisotopic (exact) mass is 393 g/mol. The molecule has 1 N–H and O–H groups in total. The Morgan fingerprint density at radius 3 is 2.55 bits per heavy atom. The lowest BCUT2D eigenvalue weighted by molar-refractivity contribution is -0.131. The van der Waals surface area contributed by atoms with Gasteiger partial charge in [-0.15, -0.1) is 5.92 Å². The van der Waals surface area contributed by atoms with Crippen molar-refractivity contribution in [2.45, 2.75) is 72.6 Å². The van der Waals surface area contributed by atoms with Crippen molar-refractivity contribution in [3.63, 3.8) is 0 Å². The normalized spacial score (nSPS) is 38.3. The summed E-state index contributed by atoms with van der Waals surface area (Å²) in [5.41, 5.74) is 2.36. The Hall–Kier alpha value is -2.15. The van der Waals surface area contributed by atoms with Crippen molar-refractivity contribution < 1.29 is 14.4 Å². The Balaban J connectivity index is 1.90. The van der Waals surface area contributed by atoms with Crippen molar-refractivity contribution in [2.24, 2.45) is 28.6 Å². The first-order valence-electron chi connectivity index (χ1n) is 10.9. The molecule has 2 saturated carbocycles. The first-order chi connectivity index (χ1) is 13.7. The zero-order valence-electron chi connectivity index (χ0n) is 18.0. The van der Waals surface area contributed by atoms with Gasteiger partial charge in [0, 0.05) is 31.6 Å². The number of fused-ring (bicyclic) bond motifs is 5. The number of carbonyl (C=O) groups is 3. The van der Waals surface area contributed by atoms with Gasteiger partial charge in [-0.3, -0.25) is 14.4 Å². The van der Waals surface area contributed by atoms with Gasteiger partial charge in [-0.2, -0.15) is 0 Å². The van der Waals surface area contributed by atoms with Crippen LogP contribution in [0, 0.1) is 40.4 Å². The molecule has 1 amide bonds. The van der Waals surface area contributed by atoms with E-state index in [2.05, 4.69) is 37.1 Å². The maximum atomic E-state index is 12.8. The molecule has 0 spiro atoms. The van der Waals surface area contributed by atoms with Crippen molar-refractivity contribution in [3.05, 3.63) is 22.9 Å². The van der Waals surface area contributed by atoms with Crippen LogP contribution in [0.2, 0.25) is 0 Å². The zero-order chi connectivity index (χ0) is 21.0. The average molecular weight is 394 g/mol. The lowest BCUT2D eigenvalue weighted by Gasteiger charge is -2.56. The van der Waals surface area contributed by atoms with E-state index in [0.717, 1.165) is 31.3 Å². The van der Waals surface area contributed by atoms with E-state index in [4.69, 9.17) is 0 Å². The summed E-state index contributed by atoms with van der Waals surface area (Å²) in [5, 5.41) is 2.85. The van der Waals surface area contributed by atoms with Crippen LogP contribution >= 0.6 is 0 Å². The predicted octanol–water partition coefficient (Wildman–Crippen LogP) is 4.11. The molecule has 0 aromatic carbocycles. The minimum Gasteiger partial charge on any atom is -0.323 e. The minimum atomic E-state index is -0.220. The van der Waals surface area contributed by atoms with Gasteiger partial charge in [0.1, 0.15) is 5.78 Å². The van der Waals surface area contributed by atoms with Crippen LogP contribution in [-0.2, 0) is 14.4 Å². The molecule has 4 rings (SSSR count). The highest BCUT2D eigenvalue weighted by molar-refractivity contribution is 6.01. The van der Waals surface area contributed by atoms with Crippen molar-refractivity contribution in [2.75, 3.05) is 0 Å². The SMILES string of the molecule is CC#CCC1=CC2=C(NC(C)=O)C(=O)CC[C@]2(C)[C@H]2CC[C@]3(C)C(=O)CC[C@H]3[C@H]12. The first kappa shape index (κ1) is 20.1. The smallest absolute Gasteiger partial charge is 0.221 e. The average Bonchev–Trinajstić information content (AvgIpc) is 2.98. The first-order valence-corrected chi connectivity index (χ1v) is 10.9. The highest BCUT2D eigenvalue weighted by Crippen LogP contribution is 2.65. The molecule has 0 saturated heterocycles. The van der Waals surface area contributed by atoms with Gasteiger partial charge in [0.05, 0.1) is 5.70 Å². The summed E-state index contributed by atoms with van der Waals surface area (Å²) < 4.78 is 0. The van der Waals surface area contributed by atoms with Crippen LogP contribution in [0.4, 0.5) is 0 Å². The lowest BCUT2D eigenvalue weighted by Crippen LogP contribution is -2.51. The van der Waals surface area contributed by atoms with Gasteiger partial charge >= 0.3 is 0 Å². The molecule has 0 aliphatic heterocycles. The van der Waals surface area contributed by atoms with Gasteiger partial charge in [-0.1, -0.05) is 31.4 Å². The van der Waals surface area contributed by atoms with E-state index in [0.29, 0.717) is 48.5 Å². The Labute approximate surface area is 173 Å². The molecule has 154 valence electrons. The van der Waals surface area contributed by atoms with Crippen molar-refractivity contribution in [1.82, 2.24) is 5.32 Å². The summed E-state index contributed by atoms with van der Waals surface area (Å²) in [6, 6.07) is 0. The number of nitrogens with one attached hydrogen (secondary N) is 1. The summed E-state index contributed by atoms with van der Waals surface area (Å²) in [4.78, 5) is 37.3. The molecule has 29 heavy (non-hydrogen) atoms. The van der Waals surface area contributed by atoms with Crippen LogP contribution in [-0.4, -0.2) is 17.5 Å². The molecular formula is C25H31NO3. The third-order valence-electron chi connectivity index (χ3n) is 8.36. The number of amides is 1. The molecule has 4 aliphatic carbocycles. The minimum absolute atomic E-state index is 0.0278. The molecule has 0 aromatic heterocycles. The Bertz CT molecular complexity index is 914. The summed E-state index contributed by atoms with van der Waals surface area (Å²) in [6.07, 6.45) is 7.68. The molecular weight excluding hydrogens is 362 g/mol. The summed E-state index contributed by atoms with van der Waals surface area (Å²) in [7, 11) is 0. The third kappa shape index (κ3) is 2.93. The number of allylic oxidation sites excluding steroid dienone is 4. The molecule has 0 unspecified atom stereocenters. The summed E-state index contributed by atoms with van der Waals surface area (Å²) >= 11 is 0. The molecule has 2 fully saturated rings. The quantitative estimate of drug-likeness (QED) is 0.718. The van der Waals surface area contributed by atoms with Crippen LogP contribution in [0.1, 0.15) is 72.6 Å². The van der Waals surface area contributed by atoms with Gasteiger partial charge < -0.3 is 5.32 Å². The Kier molecular flexibility index (Phi) is 4.84. The van der Waals surface area contributed by atoms with Crippen molar-refractivity contribution >= 4 is 17.5 Å². The fraction of sp³-hybridized carbons (Fsp3) is 0.640. The largest absolute Gasteiger partial charge is 0.323 e. The lowest BCUT2D eigenvalue weighted by atomic mass is 9.47. The summed E-state index contributed by atoms with van der Waals surface area (Å²) in [6.45, 7) is 7.75. The highest BCUT2D eigenvalue weighted by Gasteiger charge is 2.60. The van der Waals surface area contributed by atoms with E-state index in [1.165, 1.54) is 12.5 Å². The van der Waals surface area contributed by atoms with E-state index < -0.39 is 0 Å². The molecule has 0 bridgehead atoms. The van der Waals surface area contributed by atoms with Gasteiger partial charge in [0.15, 0.2) is 5.78 Å². The number of hydrogen-bond donors (Lipinski definition) is 1. The van der Waals surface area contributed by atoms with E-state index in [9.17, 15) is 14.4 Å². The fourth-order valence-electron chi connectivity index (χ4n) is 6.79. The zero-order valence-corrected chi connectivity index (χ0v) is 18.0. The number of hydrogen-bond acceptors (Lipinski definition) is 3. The molecule has 4 nitrogen and oxygen atoms in total. The topological polar surface area (TPSA) is 63.2 Å². The number of ketones is 2. The molecule has 4 aliphatic rings. The van der Waals surface area contributed by atoms with Crippen LogP contribution in [0.3, 0.4) is 0 Å². The number of carbonyl (C=O) groups excluding carboxylic acids is 3. The second-order valence-electron chi connectivity index (χ2n) is 9.79. The number of Topliss-reactive ketones (excluding diaryl/α,β-unsaturated/α-hetero) is 2.